The van der Waals surface area contributed by atoms with Crippen molar-refractivity contribution >= 4 is 35.0 Å². The number of rotatable bonds is 4. The Labute approximate surface area is 175 Å². The number of nitrogens with zero attached hydrogens (tertiary/aromatic N) is 2. The van der Waals surface area contributed by atoms with Crippen molar-refractivity contribution < 1.29 is 9.59 Å². The lowest BCUT2D eigenvalue weighted by molar-refractivity contribution is -0.116. The van der Waals surface area contributed by atoms with Crippen LogP contribution in [0, 0.1) is 18.3 Å². The van der Waals surface area contributed by atoms with Crippen molar-refractivity contribution in [3.05, 3.63) is 70.3 Å². The van der Waals surface area contributed by atoms with Gasteiger partial charge in [-0.1, -0.05) is 55.4 Å². The Kier molecular flexibility index (Phi) is 6.09. The van der Waals surface area contributed by atoms with E-state index in [1.165, 1.54) is 16.7 Å². The van der Waals surface area contributed by atoms with Crippen molar-refractivity contribution in [2.75, 3.05) is 10.2 Å². The van der Waals surface area contributed by atoms with Gasteiger partial charge in [-0.3, -0.25) is 14.5 Å². The maximum absolute atomic E-state index is 12.8. The molecule has 0 radical (unpaired) electrons. The lowest BCUT2D eigenvalue weighted by atomic mass is 10.0. The van der Waals surface area contributed by atoms with Gasteiger partial charge in [0, 0.05) is 11.4 Å². The minimum absolute atomic E-state index is 0.0683. The molecule has 0 bridgehead atoms. The van der Waals surface area contributed by atoms with E-state index >= 15 is 0 Å². The number of amides is 2. The SMILES string of the molecule is Cc1ccc(NC(=O)/C(C#N)=C2\SC(C)C(=O)N2c2ccc(C(C)C)cc2)cc1. The van der Waals surface area contributed by atoms with Crippen molar-refractivity contribution in [1.82, 2.24) is 0 Å². The maximum atomic E-state index is 12.8. The predicted octanol–water partition coefficient (Wildman–Crippen LogP) is 4.96. The first-order valence-electron chi connectivity index (χ1n) is 9.44. The molecule has 2 amide bonds. The Morgan fingerprint density at radius 3 is 2.31 bits per heavy atom. The van der Waals surface area contributed by atoms with Gasteiger partial charge in [-0.2, -0.15) is 5.26 Å². The monoisotopic (exact) mass is 405 g/mol. The zero-order chi connectivity index (χ0) is 21.1. The van der Waals surface area contributed by atoms with Crippen LogP contribution in [-0.4, -0.2) is 17.1 Å². The second-order valence-corrected chi connectivity index (χ2v) is 8.62. The summed E-state index contributed by atoms with van der Waals surface area (Å²) in [6.45, 7) is 7.94. The second kappa shape index (κ2) is 8.54. The molecule has 1 atom stereocenters. The molecule has 0 aliphatic carbocycles. The van der Waals surface area contributed by atoms with E-state index in [1.807, 2.05) is 49.4 Å². The fourth-order valence-corrected chi connectivity index (χ4v) is 4.10. The van der Waals surface area contributed by atoms with Gasteiger partial charge in [-0.25, -0.2) is 0 Å². The molecule has 2 aromatic rings. The number of anilines is 2. The van der Waals surface area contributed by atoms with Crippen LogP contribution in [0.2, 0.25) is 0 Å². The molecule has 148 valence electrons. The third-order valence-electron chi connectivity index (χ3n) is 4.74. The van der Waals surface area contributed by atoms with Crippen LogP contribution in [0.1, 0.15) is 37.8 Å². The summed E-state index contributed by atoms with van der Waals surface area (Å²) in [6.07, 6.45) is 0. The quantitative estimate of drug-likeness (QED) is 0.576. The summed E-state index contributed by atoms with van der Waals surface area (Å²) in [6, 6.07) is 17.0. The molecule has 1 N–H and O–H groups in total. The van der Waals surface area contributed by atoms with Crippen molar-refractivity contribution in [1.29, 1.82) is 5.26 Å². The zero-order valence-corrected chi connectivity index (χ0v) is 17.7. The number of carbonyl (C=O) groups is 2. The van der Waals surface area contributed by atoms with Crippen molar-refractivity contribution in [3.63, 3.8) is 0 Å². The molecule has 0 aromatic heterocycles. The highest BCUT2D eigenvalue weighted by Crippen LogP contribution is 2.40. The van der Waals surface area contributed by atoms with Gasteiger partial charge in [-0.05, 0) is 49.6 Å². The molecular formula is C23H23N3O2S. The highest BCUT2D eigenvalue weighted by atomic mass is 32.2. The fourth-order valence-electron chi connectivity index (χ4n) is 3.00. The first kappa shape index (κ1) is 20.7. The van der Waals surface area contributed by atoms with Gasteiger partial charge in [0.05, 0.1) is 5.25 Å². The summed E-state index contributed by atoms with van der Waals surface area (Å²) in [5, 5.41) is 12.5. The van der Waals surface area contributed by atoms with E-state index in [-0.39, 0.29) is 16.7 Å². The molecule has 1 heterocycles. The van der Waals surface area contributed by atoms with Crippen molar-refractivity contribution in [2.45, 2.75) is 38.9 Å². The normalized spacial score (nSPS) is 18.0. The molecule has 2 aromatic carbocycles. The summed E-state index contributed by atoms with van der Waals surface area (Å²) in [5.41, 5.74) is 3.42. The number of nitriles is 1. The van der Waals surface area contributed by atoms with Gasteiger partial charge in [-0.15, -0.1) is 0 Å². The summed E-state index contributed by atoms with van der Waals surface area (Å²) in [5.74, 6) is -0.292. The Hall–Kier alpha value is -3.04. The molecule has 5 nitrogen and oxygen atoms in total. The van der Waals surface area contributed by atoms with E-state index in [1.54, 1.807) is 19.1 Å². The standard InChI is InChI=1S/C23H23N3O2S/c1-14(2)17-7-11-19(12-8-17)26-22(28)16(4)29-23(26)20(13-24)21(27)25-18-9-5-15(3)6-10-18/h5-12,14,16H,1-4H3,(H,25,27)/b23-20-. The topological polar surface area (TPSA) is 73.2 Å². The molecule has 0 saturated carbocycles. The van der Waals surface area contributed by atoms with E-state index in [0.29, 0.717) is 22.3 Å². The summed E-state index contributed by atoms with van der Waals surface area (Å²) < 4.78 is 0. The van der Waals surface area contributed by atoms with Crippen LogP contribution in [-0.2, 0) is 9.59 Å². The third-order valence-corrected chi connectivity index (χ3v) is 5.90. The number of aryl methyl sites for hydroxylation is 1. The Morgan fingerprint density at radius 1 is 1.14 bits per heavy atom. The zero-order valence-electron chi connectivity index (χ0n) is 16.9. The van der Waals surface area contributed by atoms with Gasteiger partial charge in [0.25, 0.3) is 5.91 Å². The number of thioether (sulfide) groups is 1. The number of carbonyl (C=O) groups excluding carboxylic acids is 2. The Balaban J connectivity index is 1.97. The van der Waals surface area contributed by atoms with Crippen LogP contribution < -0.4 is 10.2 Å². The van der Waals surface area contributed by atoms with Crippen LogP contribution >= 0.6 is 11.8 Å². The van der Waals surface area contributed by atoms with Crippen LogP contribution in [0.3, 0.4) is 0 Å². The van der Waals surface area contributed by atoms with Crippen molar-refractivity contribution in [3.8, 4) is 6.07 Å². The highest BCUT2D eigenvalue weighted by molar-refractivity contribution is 8.05. The molecule has 3 rings (SSSR count). The second-order valence-electron chi connectivity index (χ2n) is 7.29. The van der Waals surface area contributed by atoms with Crippen LogP contribution in [0.4, 0.5) is 11.4 Å². The average Bonchev–Trinajstić information content (AvgIpc) is 2.98. The molecule has 1 unspecified atom stereocenters. The molecule has 6 heteroatoms. The molecule has 0 spiro atoms. The average molecular weight is 406 g/mol. The lowest BCUT2D eigenvalue weighted by Gasteiger charge is -2.19. The molecule has 1 fully saturated rings. The molecule has 1 saturated heterocycles. The summed E-state index contributed by atoms with van der Waals surface area (Å²) in [4.78, 5) is 27.1. The number of nitrogens with one attached hydrogen (secondary N) is 1. The maximum Gasteiger partial charge on any atom is 0.269 e. The minimum Gasteiger partial charge on any atom is -0.321 e. The minimum atomic E-state index is -0.524. The summed E-state index contributed by atoms with van der Waals surface area (Å²) in [7, 11) is 0. The first-order valence-corrected chi connectivity index (χ1v) is 10.3. The smallest absolute Gasteiger partial charge is 0.269 e. The number of benzene rings is 2. The Morgan fingerprint density at radius 2 is 1.76 bits per heavy atom. The first-order chi connectivity index (χ1) is 13.8. The predicted molar refractivity (Wildman–Crippen MR) is 118 cm³/mol. The Bertz CT molecular complexity index is 1000. The molecule has 29 heavy (non-hydrogen) atoms. The third kappa shape index (κ3) is 4.36. The van der Waals surface area contributed by atoms with Crippen molar-refractivity contribution in [2.24, 2.45) is 0 Å². The molecule has 1 aliphatic heterocycles. The van der Waals surface area contributed by atoms with Crippen LogP contribution in [0.5, 0.6) is 0 Å². The van der Waals surface area contributed by atoms with Gasteiger partial charge in [0.15, 0.2) is 0 Å². The van der Waals surface area contributed by atoms with Crippen LogP contribution in [0.15, 0.2) is 59.1 Å². The molecular weight excluding hydrogens is 382 g/mol. The largest absolute Gasteiger partial charge is 0.321 e. The van der Waals surface area contributed by atoms with E-state index < -0.39 is 5.91 Å². The number of hydrogen-bond acceptors (Lipinski definition) is 4. The fraction of sp³-hybridized carbons (Fsp3) is 0.261. The van der Waals surface area contributed by atoms with Gasteiger partial charge in [0.2, 0.25) is 5.91 Å². The van der Waals surface area contributed by atoms with Gasteiger partial charge < -0.3 is 5.32 Å². The molecule has 1 aliphatic rings. The van der Waals surface area contributed by atoms with E-state index in [0.717, 1.165) is 11.1 Å². The van der Waals surface area contributed by atoms with Gasteiger partial charge in [0.1, 0.15) is 16.7 Å². The van der Waals surface area contributed by atoms with Crippen LogP contribution in [0.25, 0.3) is 0 Å². The number of hydrogen-bond donors (Lipinski definition) is 1. The highest BCUT2D eigenvalue weighted by Gasteiger charge is 2.38. The lowest BCUT2D eigenvalue weighted by Crippen LogP contribution is -2.29. The van der Waals surface area contributed by atoms with Gasteiger partial charge >= 0.3 is 0 Å². The van der Waals surface area contributed by atoms with E-state index in [9.17, 15) is 14.9 Å². The summed E-state index contributed by atoms with van der Waals surface area (Å²) >= 11 is 1.23. The van der Waals surface area contributed by atoms with E-state index in [2.05, 4.69) is 19.2 Å². The van der Waals surface area contributed by atoms with E-state index in [4.69, 9.17) is 0 Å².